The van der Waals surface area contributed by atoms with Gasteiger partial charge in [0.05, 0.1) is 6.33 Å². The minimum atomic E-state index is -4.69. The summed E-state index contributed by atoms with van der Waals surface area (Å²) in [7, 11) is 1.27. The van der Waals surface area contributed by atoms with Crippen LogP contribution in [0.5, 0.6) is 0 Å². The van der Waals surface area contributed by atoms with E-state index >= 15 is 0 Å². The number of alkyl halides is 3. The molecule has 0 aliphatic carbocycles. The second kappa shape index (κ2) is 3.02. The molecule has 0 aliphatic heterocycles. The van der Waals surface area contributed by atoms with Crippen LogP contribution in [0.2, 0.25) is 5.02 Å². The summed E-state index contributed by atoms with van der Waals surface area (Å²) in [6.45, 7) is 0. The number of aromatic nitrogens is 2. The molecule has 0 saturated heterocycles. The maximum atomic E-state index is 12.1. The van der Waals surface area contributed by atoms with E-state index in [1.807, 2.05) is 0 Å². The summed E-state index contributed by atoms with van der Waals surface area (Å²) < 4.78 is 37.1. The molecule has 7 heteroatoms. The molecule has 0 spiro atoms. The molecular formula is C6H4ClF3N2O. The van der Waals surface area contributed by atoms with Crippen molar-refractivity contribution in [1.29, 1.82) is 0 Å². The normalized spacial score (nSPS) is 11.8. The van der Waals surface area contributed by atoms with Crippen molar-refractivity contribution in [2.24, 2.45) is 7.05 Å². The van der Waals surface area contributed by atoms with Crippen LogP contribution in [-0.4, -0.2) is 9.55 Å². The first-order valence-electron chi connectivity index (χ1n) is 3.12. The average Bonchev–Trinajstić information content (AvgIpc) is 1.98. The minimum Gasteiger partial charge on any atom is -0.301 e. The zero-order valence-electron chi connectivity index (χ0n) is 6.39. The lowest BCUT2D eigenvalue weighted by Crippen LogP contribution is -2.23. The van der Waals surface area contributed by atoms with Crippen LogP contribution >= 0.6 is 11.6 Å². The van der Waals surface area contributed by atoms with Crippen molar-refractivity contribution in [3.63, 3.8) is 0 Å². The molecule has 1 heterocycles. The SMILES string of the molecule is Cn1cnc(C(F)(F)F)c(Cl)c1=O. The van der Waals surface area contributed by atoms with Crippen LogP contribution in [0.4, 0.5) is 13.2 Å². The van der Waals surface area contributed by atoms with Crippen molar-refractivity contribution < 1.29 is 13.2 Å². The van der Waals surface area contributed by atoms with E-state index in [0.29, 0.717) is 0 Å². The standard InChI is InChI=1S/C6H4ClF3N2O/c1-12-2-11-4(6(8,9)10)3(7)5(12)13/h2H,1H3. The largest absolute Gasteiger partial charge is 0.435 e. The van der Waals surface area contributed by atoms with Gasteiger partial charge in [-0.2, -0.15) is 13.2 Å². The molecule has 0 N–H and O–H groups in total. The van der Waals surface area contributed by atoms with Gasteiger partial charge >= 0.3 is 6.18 Å². The van der Waals surface area contributed by atoms with Crippen molar-refractivity contribution in [2.45, 2.75) is 6.18 Å². The highest BCUT2D eigenvalue weighted by Crippen LogP contribution is 2.30. The molecule has 0 bridgehead atoms. The van der Waals surface area contributed by atoms with Crippen molar-refractivity contribution in [3.8, 4) is 0 Å². The molecule has 0 saturated carbocycles. The number of hydrogen-bond donors (Lipinski definition) is 0. The summed E-state index contributed by atoms with van der Waals surface area (Å²) in [5, 5.41) is -0.905. The van der Waals surface area contributed by atoms with E-state index in [0.717, 1.165) is 10.9 Å². The predicted octanol–water partition coefficient (Wildman–Crippen LogP) is 1.45. The fourth-order valence-corrected chi connectivity index (χ4v) is 0.996. The van der Waals surface area contributed by atoms with Gasteiger partial charge in [-0.25, -0.2) is 4.98 Å². The Morgan fingerprint density at radius 3 is 2.54 bits per heavy atom. The molecule has 0 fully saturated rings. The summed E-state index contributed by atoms with van der Waals surface area (Å²) in [6, 6.07) is 0. The predicted molar refractivity (Wildman–Crippen MR) is 39.5 cm³/mol. The van der Waals surface area contributed by atoms with Gasteiger partial charge in [0, 0.05) is 7.05 Å². The first-order chi connectivity index (χ1) is 5.84. The molecule has 72 valence electrons. The maximum Gasteiger partial charge on any atom is 0.435 e. The fraction of sp³-hybridized carbons (Fsp3) is 0.333. The summed E-state index contributed by atoms with van der Waals surface area (Å²) in [6.07, 6.45) is -3.92. The fourth-order valence-electron chi connectivity index (χ4n) is 0.707. The zero-order valence-corrected chi connectivity index (χ0v) is 7.15. The molecule has 0 atom stereocenters. The second-order valence-corrected chi connectivity index (χ2v) is 2.70. The van der Waals surface area contributed by atoms with E-state index in [9.17, 15) is 18.0 Å². The lowest BCUT2D eigenvalue weighted by molar-refractivity contribution is -0.141. The second-order valence-electron chi connectivity index (χ2n) is 2.32. The summed E-state index contributed by atoms with van der Waals surface area (Å²) in [5.41, 5.74) is -2.26. The first kappa shape index (κ1) is 10.0. The van der Waals surface area contributed by atoms with Crippen molar-refractivity contribution in [2.75, 3.05) is 0 Å². The molecular weight excluding hydrogens is 209 g/mol. The van der Waals surface area contributed by atoms with Crippen LogP contribution in [0.1, 0.15) is 5.69 Å². The molecule has 0 aliphatic rings. The number of halogens is 4. The van der Waals surface area contributed by atoms with Gasteiger partial charge in [-0.1, -0.05) is 11.6 Å². The molecule has 1 aromatic heterocycles. The van der Waals surface area contributed by atoms with Crippen LogP contribution in [0.3, 0.4) is 0 Å². The molecule has 13 heavy (non-hydrogen) atoms. The number of aryl methyl sites for hydroxylation is 1. The Morgan fingerprint density at radius 1 is 1.54 bits per heavy atom. The lowest BCUT2D eigenvalue weighted by atomic mass is 10.4. The molecule has 1 rings (SSSR count). The highest BCUT2D eigenvalue weighted by molar-refractivity contribution is 6.31. The molecule has 3 nitrogen and oxygen atoms in total. The van der Waals surface area contributed by atoms with Gasteiger partial charge < -0.3 is 4.57 Å². The molecule has 0 unspecified atom stereocenters. The van der Waals surface area contributed by atoms with E-state index in [-0.39, 0.29) is 0 Å². The van der Waals surface area contributed by atoms with E-state index in [2.05, 4.69) is 4.98 Å². The quantitative estimate of drug-likeness (QED) is 0.653. The Hall–Kier alpha value is -1.04. The van der Waals surface area contributed by atoms with Gasteiger partial charge in [0.15, 0.2) is 5.69 Å². The van der Waals surface area contributed by atoms with Crippen LogP contribution in [-0.2, 0) is 13.2 Å². The van der Waals surface area contributed by atoms with E-state index < -0.39 is 22.5 Å². The van der Waals surface area contributed by atoms with Gasteiger partial charge in [-0.05, 0) is 0 Å². The summed E-state index contributed by atoms with van der Waals surface area (Å²) >= 11 is 5.17. The number of rotatable bonds is 0. The van der Waals surface area contributed by atoms with Crippen LogP contribution in [0.15, 0.2) is 11.1 Å². The van der Waals surface area contributed by atoms with Crippen LogP contribution in [0, 0.1) is 0 Å². The Balaban J connectivity index is 3.44. The smallest absolute Gasteiger partial charge is 0.301 e. The average molecular weight is 213 g/mol. The molecule has 1 aromatic rings. The van der Waals surface area contributed by atoms with E-state index in [1.54, 1.807) is 0 Å². The third kappa shape index (κ3) is 1.82. The molecule has 0 amide bonds. The third-order valence-corrected chi connectivity index (χ3v) is 1.69. The van der Waals surface area contributed by atoms with Crippen molar-refractivity contribution in [3.05, 3.63) is 27.4 Å². The third-order valence-electron chi connectivity index (χ3n) is 1.34. The molecule has 0 aromatic carbocycles. The van der Waals surface area contributed by atoms with Gasteiger partial charge in [0.1, 0.15) is 5.02 Å². The van der Waals surface area contributed by atoms with Crippen LogP contribution < -0.4 is 5.56 Å². The van der Waals surface area contributed by atoms with Gasteiger partial charge in [0.25, 0.3) is 5.56 Å². The van der Waals surface area contributed by atoms with E-state index in [1.165, 1.54) is 7.05 Å². The highest BCUT2D eigenvalue weighted by atomic mass is 35.5. The first-order valence-corrected chi connectivity index (χ1v) is 3.50. The number of nitrogens with zero attached hydrogens (tertiary/aromatic N) is 2. The summed E-state index contributed by atoms with van der Waals surface area (Å²) in [5.74, 6) is 0. The lowest BCUT2D eigenvalue weighted by Gasteiger charge is -2.07. The van der Waals surface area contributed by atoms with Crippen molar-refractivity contribution >= 4 is 11.6 Å². The summed E-state index contributed by atoms with van der Waals surface area (Å²) in [4.78, 5) is 13.9. The Morgan fingerprint density at radius 2 is 2.08 bits per heavy atom. The Bertz CT molecular complexity index is 384. The van der Waals surface area contributed by atoms with Gasteiger partial charge in [-0.15, -0.1) is 0 Å². The topological polar surface area (TPSA) is 34.9 Å². The Kier molecular flexibility index (Phi) is 2.34. The van der Waals surface area contributed by atoms with Gasteiger partial charge in [0.2, 0.25) is 0 Å². The minimum absolute atomic E-state index is 0.775. The number of hydrogen-bond acceptors (Lipinski definition) is 2. The maximum absolute atomic E-state index is 12.1. The highest BCUT2D eigenvalue weighted by Gasteiger charge is 2.36. The zero-order chi connectivity index (χ0) is 10.2. The Labute approximate surface area is 75.8 Å². The van der Waals surface area contributed by atoms with Crippen LogP contribution in [0.25, 0.3) is 0 Å². The molecule has 0 radical (unpaired) electrons. The monoisotopic (exact) mass is 212 g/mol. The van der Waals surface area contributed by atoms with Gasteiger partial charge in [-0.3, -0.25) is 4.79 Å². The van der Waals surface area contributed by atoms with E-state index in [4.69, 9.17) is 11.6 Å². The van der Waals surface area contributed by atoms with Crippen molar-refractivity contribution in [1.82, 2.24) is 9.55 Å².